The van der Waals surface area contributed by atoms with Crippen molar-refractivity contribution in [2.45, 2.75) is 32.2 Å². The molecule has 0 spiro atoms. The van der Waals surface area contributed by atoms with Gasteiger partial charge in [-0.05, 0) is 62.1 Å². The number of nitrogens with one attached hydrogen (secondary N) is 3. The molecule has 0 unspecified atom stereocenters. The van der Waals surface area contributed by atoms with Gasteiger partial charge in [0.05, 0.1) is 6.20 Å². The summed E-state index contributed by atoms with van der Waals surface area (Å²) in [5.74, 6) is 0.680. The van der Waals surface area contributed by atoms with Gasteiger partial charge in [0.1, 0.15) is 0 Å². The van der Waals surface area contributed by atoms with E-state index in [4.69, 9.17) is 0 Å². The maximum atomic E-state index is 12.3. The van der Waals surface area contributed by atoms with E-state index in [2.05, 4.69) is 30.8 Å². The first-order valence-corrected chi connectivity index (χ1v) is 8.66. The molecule has 0 saturated carbocycles. The van der Waals surface area contributed by atoms with Gasteiger partial charge in [-0.2, -0.15) is 5.10 Å². The lowest BCUT2D eigenvalue weighted by Crippen LogP contribution is -2.41. The first kappa shape index (κ1) is 16.3. The Labute approximate surface area is 151 Å². The Hall–Kier alpha value is -3.22. The number of carbonyl (C=O) groups is 1. The van der Waals surface area contributed by atoms with Crippen LogP contribution in [0.15, 0.2) is 42.7 Å². The van der Waals surface area contributed by atoms with E-state index in [0.29, 0.717) is 5.82 Å². The van der Waals surface area contributed by atoms with Crippen molar-refractivity contribution < 1.29 is 4.79 Å². The SMILES string of the molecule is Cc1ccnc(-c2ccc(NC(=O)N[C@@H]3CCc4[nH]ncc4C3)cc2)n1. The molecule has 4 rings (SSSR count). The van der Waals surface area contributed by atoms with E-state index in [-0.39, 0.29) is 12.1 Å². The molecule has 3 aromatic rings. The van der Waals surface area contributed by atoms with E-state index < -0.39 is 0 Å². The van der Waals surface area contributed by atoms with Crippen molar-refractivity contribution in [2.24, 2.45) is 0 Å². The van der Waals surface area contributed by atoms with E-state index in [9.17, 15) is 4.79 Å². The number of amides is 2. The fourth-order valence-electron chi connectivity index (χ4n) is 3.18. The number of aromatic amines is 1. The smallest absolute Gasteiger partial charge is 0.319 e. The van der Waals surface area contributed by atoms with Crippen LogP contribution >= 0.6 is 0 Å². The summed E-state index contributed by atoms with van der Waals surface area (Å²) >= 11 is 0. The van der Waals surface area contributed by atoms with Crippen LogP contribution in [0.25, 0.3) is 11.4 Å². The van der Waals surface area contributed by atoms with Gasteiger partial charge >= 0.3 is 6.03 Å². The minimum atomic E-state index is -0.193. The molecule has 2 aromatic heterocycles. The first-order chi connectivity index (χ1) is 12.7. The van der Waals surface area contributed by atoms with Crippen molar-refractivity contribution in [2.75, 3.05) is 5.32 Å². The third-order valence-electron chi connectivity index (χ3n) is 4.55. The highest BCUT2D eigenvalue weighted by molar-refractivity contribution is 5.89. The van der Waals surface area contributed by atoms with Crippen molar-refractivity contribution in [3.63, 3.8) is 0 Å². The number of rotatable bonds is 3. The number of urea groups is 1. The molecule has 1 aromatic carbocycles. The van der Waals surface area contributed by atoms with Crippen molar-refractivity contribution in [3.05, 3.63) is 59.7 Å². The largest absolute Gasteiger partial charge is 0.335 e. The molecule has 0 aliphatic heterocycles. The molecule has 132 valence electrons. The Bertz CT molecular complexity index is 918. The van der Waals surface area contributed by atoms with Crippen LogP contribution in [-0.4, -0.2) is 32.2 Å². The van der Waals surface area contributed by atoms with E-state index in [0.717, 1.165) is 36.2 Å². The van der Waals surface area contributed by atoms with Crippen LogP contribution in [-0.2, 0) is 12.8 Å². The summed E-state index contributed by atoms with van der Waals surface area (Å²) in [6.45, 7) is 1.93. The fourth-order valence-corrected chi connectivity index (χ4v) is 3.18. The zero-order valence-electron chi connectivity index (χ0n) is 14.5. The highest BCUT2D eigenvalue weighted by Gasteiger charge is 2.21. The topological polar surface area (TPSA) is 95.6 Å². The minimum Gasteiger partial charge on any atom is -0.335 e. The zero-order chi connectivity index (χ0) is 17.9. The average Bonchev–Trinajstić information content (AvgIpc) is 3.10. The summed E-state index contributed by atoms with van der Waals surface area (Å²) in [4.78, 5) is 20.9. The van der Waals surface area contributed by atoms with E-state index in [1.54, 1.807) is 6.20 Å². The summed E-state index contributed by atoms with van der Waals surface area (Å²) in [6.07, 6.45) is 6.21. The van der Waals surface area contributed by atoms with E-state index >= 15 is 0 Å². The summed E-state index contributed by atoms with van der Waals surface area (Å²) in [5, 5.41) is 13.0. The summed E-state index contributed by atoms with van der Waals surface area (Å²) < 4.78 is 0. The molecule has 1 aliphatic rings. The van der Waals surface area contributed by atoms with Gasteiger partial charge in [0.15, 0.2) is 5.82 Å². The van der Waals surface area contributed by atoms with Gasteiger partial charge in [-0.1, -0.05) is 0 Å². The number of hydrogen-bond donors (Lipinski definition) is 3. The van der Waals surface area contributed by atoms with Gasteiger partial charge in [0.2, 0.25) is 0 Å². The summed E-state index contributed by atoms with van der Waals surface area (Å²) in [7, 11) is 0. The van der Waals surface area contributed by atoms with Crippen LogP contribution in [0.5, 0.6) is 0 Å². The Morgan fingerprint density at radius 2 is 2.08 bits per heavy atom. The fraction of sp³-hybridized carbons (Fsp3) is 0.263. The van der Waals surface area contributed by atoms with E-state index in [1.165, 1.54) is 11.3 Å². The monoisotopic (exact) mass is 348 g/mol. The molecule has 0 bridgehead atoms. The second kappa shape index (κ2) is 6.95. The Balaban J connectivity index is 1.36. The van der Waals surface area contributed by atoms with Crippen molar-refractivity contribution in [3.8, 4) is 11.4 Å². The molecule has 0 radical (unpaired) electrons. The van der Waals surface area contributed by atoms with Gasteiger partial charge in [0.25, 0.3) is 0 Å². The number of aryl methyl sites for hydroxylation is 2. The van der Waals surface area contributed by atoms with Crippen molar-refractivity contribution in [1.82, 2.24) is 25.5 Å². The number of carbonyl (C=O) groups excluding carboxylic acids is 1. The lowest BCUT2D eigenvalue weighted by atomic mass is 9.94. The summed E-state index contributed by atoms with van der Waals surface area (Å²) in [6, 6.07) is 9.32. The van der Waals surface area contributed by atoms with Crippen LogP contribution in [0.3, 0.4) is 0 Å². The van der Waals surface area contributed by atoms with Gasteiger partial charge in [0, 0.05) is 34.9 Å². The number of benzene rings is 1. The van der Waals surface area contributed by atoms with Crippen LogP contribution in [0.1, 0.15) is 23.4 Å². The Morgan fingerprint density at radius 1 is 1.23 bits per heavy atom. The molecule has 3 N–H and O–H groups in total. The zero-order valence-corrected chi connectivity index (χ0v) is 14.5. The molecule has 0 fully saturated rings. The lowest BCUT2D eigenvalue weighted by molar-refractivity contribution is 0.247. The first-order valence-electron chi connectivity index (χ1n) is 8.66. The van der Waals surface area contributed by atoms with Crippen LogP contribution in [0, 0.1) is 6.92 Å². The molecular weight excluding hydrogens is 328 g/mol. The third-order valence-corrected chi connectivity index (χ3v) is 4.55. The molecular formula is C19H20N6O. The molecule has 1 atom stereocenters. The standard InChI is InChI=1S/C19H20N6O/c1-12-8-9-20-18(22-12)13-2-4-15(5-3-13)23-19(26)24-16-6-7-17-14(10-16)11-21-25-17/h2-5,8-9,11,16H,6-7,10H2,1H3,(H,21,25)(H2,23,24,26)/t16-/m1/s1. The molecule has 2 heterocycles. The quantitative estimate of drug-likeness (QED) is 0.678. The molecule has 2 amide bonds. The number of H-pyrrole nitrogens is 1. The summed E-state index contributed by atoms with van der Waals surface area (Å²) in [5.41, 5.74) is 4.93. The van der Waals surface area contributed by atoms with Gasteiger partial charge in [-0.15, -0.1) is 0 Å². The minimum absolute atomic E-state index is 0.125. The van der Waals surface area contributed by atoms with Crippen molar-refractivity contribution in [1.29, 1.82) is 0 Å². The number of anilines is 1. The highest BCUT2D eigenvalue weighted by Crippen LogP contribution is 2.20. The van der Waals surface area contributed by atoms with Gasteiger partial charge in [-0.25, -0.2) is 14.8 Å². The highest BCUT2D eigenvalue weighted by atomic mass is 16.2. The van der Waals surface area contributed by atoms with Crippen molar-refractivity contribution >= 4 is 11.7 Å². The third kappa shape index (κ3) is 3.56. The molecule has 1 aliphatic carbocycles. The number of nitrogens with zero attached hydrogens (tertiary/aromatic N) is 3. The van der Waals surface area contributed by atoms with Crippen LogP contribution in [0.4, 0.5) is 10.5 Å². The predicted molar refractivity (Wildman–Crippen MR) is 98.8 cm³/mol. The molecule has 0 saturated heterocycles. The second-order valence-electron chi connectivity index (χ2n) is 6.51. The lowest BCUT2D eigenvalue weighted by Gasteiger charge is -2.23. The molecule has 7 heteroatoms. The maximum Gasteiger partial charge on any atom is 0.319 e. The average molecular weight is 348 g/mol. The van der Waals surface area contributed by atoms with Crippen LogP contribution in [0.2, 0.25) is 0 Å². The van der Waals surface area contributed by atoms with Crippen LogP contribution < -0.4 is 10.6 Å². The molecule has 26 heavy (non-hydrogen) atoms. The maximum absolute atomic E-state index is 12.3. The van der Waals surface area contributed by atoms with Gasteiger partial charge in [-0.3, -0.25) is 5.10 Å². The van der Waals surface area contributed by atoms with E-state index in [1.807, 2.05) is 43.5 Å². The van der Waals surface area contributed by atoms with Gasteiger partial charge < -0.3 is 10.6 Å². The predicted octanol–water partition coefficient (Wildman–Crippen LogP) is 2.85. The number of fused-ring (bicyclic) bond motifs is 1. The Kier molecular flexibility index (Phi) is 4.35. The molecule has 7 nitrogen and oxygen atoms in total. The second-order valence-corrected chi connectivity index (χ2v) is 6.51. The normalized spacial score (nSPS) is 16.0. The number of aromatic nitrogens is 4. The number of hydrogen-bond acceptors (Lipinski definition) is 4. The Morgan fingerprint density at radius 3 is 2.88 bits per heavy atom.